The van der Waals surface area contributed by atoms with Crippen molar-refractivity contribution in [1.29, 1.82) is 0 Å². The fourth-order valence-electron chi connectivity index (χ4n) is 2.85. The van der Waals surface area contributed by atoms with E-state index in [2.05, 4.69) is 0 Å². The number of methoxy groups -OCH3 is 5. The molecule has 0 aliphatic rings. The Morgan fingerprint density at radius 2 is 1.40 bits per heavy atom. The summed E-state index contributed by atoms with van der Waals surface area (Å²) < 4.78 is 31.3. The standard InChI is InChI=1S/C22H26O8/c1-25-15-7-8-16(18(12-15)26-2)17(23)13-30-21(24)9-6-14-10-19(27-3)22(29-5)20(11-14)28-4/h7-8,10-12H,6,9,13H2,1-5H3. The van der Waals surface area contributed by atoms with Crippen molar-refractivity contribution in [1.82, 2.24) is 0 Å². The van der Waals surface area contributed by atoms with E-state index in [1.807, 2.05) is 0 Å². The van der Waals surface area contributed by atoms with Gasteiger partial charge >= 0.3 is 5.97 Å². The summed E-state index contributed by atoms with van der Waals surface area (Å²) in [5.41, 5.74) is 1.13. The maximum Gasteiger partial charge on any atom is 0.306 e. The van der Waals surface area contributed by atoms with Gasteiger partial charge in [0.15, 0.2) is 18.1 Å². The number of ketones is 1. The van der Waals surface area contributed by atoms with E-state index in [1.165, 1.54) is 35.5 Å². The lowest BCUT2D eigenvalue weighted by atomic mass is 10.1. The number of Topliss-reactive ketones (excluding diaryl/α,β-unsaturated/α-hetero) is 1. The number of carbonyl (C=O) groups is 2. The Morgan fingerprint density at radius 3 is 1.93 bits per heavy atom. The number of esters is 1. The van der Waals surface area contributed by atoms with E-state index < -0.39 is 5.97 Å². The molecule has 0 aliphatic carbocycles. The molecule has 2 aromatic carbocycles. The largest absolute Gasteiger partial charge is 0.497 e. The second kappa shape index (κ2) is 10.9. The van der Waals surface area contributed by atoms with Crippen LogP contribution < -0.4 is 23.7 Å². The van der Waals surface area contributed by atoms with Gasteiger partial charge in [-0.2, -0.15) is 0 Å². The van der Waals surface area contributed by atoms with E-state index in [1.54, 1.807) is 30.3 Å². The Bertz CT molecular complexity index is 866. The van der Waals surface area contributed by atoms with Crippen LogP contribution in [0.3, 0.4) is 0 Å². The Balaban J connectivity index is 1.96. The molecule has 0 aliphatic heterocycles. The second-order valence-corrected chi connectivity index (χ2v) is 6.18. The Hall–Kier alpha value is -3.42. The maximum absolute atomic E-state index is 12.4. The third kappa shape index (κ3) is 5.56. The highest BCUT2D eigenvalue weighted by Crippen LogP contribution is 2.38. The Labute approximate surface area is 175 Å². The molecular formula is C22H26O8. The lowest BCUT2D eigenvalue weighted by Crippen LogP contribution is -2.15. The van der Waals surface area contributed by atoms with Crippen molar-refractivity contribution in [2.24, 2.45) is 0 Å². The smallest absolute Gasteiger partial charge is 0.306 e. The van der Waals surface area contributed by atoms with Crippen molar-refractivity contribution in [3.63, 3.8) is 0 Å². The van der Waals surface area contributed by atoms with Crippen LogP contribution in [-0.2, 0) is 16.0 Å². The fraction of sp³-hybridized carbons (Fsp3) is 0.364. The lowest BCUT2D eigenvalue weighted by molar-refractivity contribution is -0.142. The Kier molecular flexibility index (Phi) is 8.34. The van der Waals surface area contributed by atoms with Crippen molar-refractivity contribution >= 4 is 11.8 Å². The summed E-state index contributed by atoms with van der Waals surface area (Å²) in [6, 6.07) is 8.34. The molecule has 0 fully saturated rings. The zero-order valence-electron chi connectivity index (χ0n) is 17.8. The molecule has 0 atom stereocenters. The van der Waals surface area contributed by atoms with Gasteiger partial charge in [-0.1, -0.05) is 0 Å². The lowest BCUT2D eigenvalue weighted by Gasteiger charge is -2.14. The molecule has 0 N–H and O–H groups in total. The summed E-state index contributed by atoms with van der Waals surface area (Å²) in [7, 11) is 7.54. The van der Waals surface area contributed by atoms with Gasteiger partial charge in [0.1, 0.15) is 11.5 Å². The number of hydrogen-bond acceptors (Lipinski definition) is 8. The van der Waals surface area contributed by atoms with Crippen LogP contribution in [0, 0.1) is 0 Å². The van der Waals surface area contributed by atoms with Crippen molar-refractivity contribution in [3.05, 3.63) is 41.5 Å². The molecule has 0 bridgehead atoms. The molecule has 0 saturated heterocycles. The summed E-state index contributed by atoms with van der Waals surface area (Å²) in [6.07, 6.45) is 0.473. The fourth-order valence-corrected chi connectivity index (χ4v) is 2.85. The minimum absolute atomic E-state index is 0.0890. The average molecular weight is 418 g/mol. The first-order valence-electron chi connectivity index (χ1n) is 9.17. The molecule has 0 amide bonds. The molecule has 2 aromatic rings. The zero-order chi connectivity index (χ0) is 22.1. The number of aryl methyl sites for hydroxylation is 1. The maximum atomic E-state index is 12.4. The third-order valence-corrected chi connectivity index (χ3v) is 4.42. The van der Waals surface area contributed by atoms with Crippen molar-refractivity contribution < 1.29 is 38.0 Å². The van der Waals surface area contributed by atoms with Gasteiger partial charge in [-0.3, -0.25) is 9.59 Å². The summed E-state index contributed by atoms with van der Waals surface area (Å²) in [4.78, 5) is 24.5. The molecule has 8 nitrogen and oxygen atoms in total. The van der Waals surface area contributed by atoms with Crippen molar-refractivity contribution in [3.8, 4) is 28.7 Å². The molecule has 162 valence electrons. The molecule has 8 heteroatoms. The SMILES string of the molecule is COc1ccc(C(=O)COC(=O)CCc2cc(OC)c(OC)c(OC)c2)c(OC)c1. The first kappa shape index (κ1) is 22.9. The van der Waals surface area contributed by atoms with E-state index in [0.29, 0.717) is 40.7 Å². The molecule has 0 spiro atoms. The summed E-state index contributed by atoms with van der Waals surface area (Å²) in [5.74, 6) is 1.54. The van der Waals surface area contributed by atoms with Crippen LogP contribution in [0.4, 0.5) is 0 Å². The van der Waals surface area contributed by atoms with Crippen LogP contribution in [-0.4, -0.2) is 53.9 Å². The van der Waals surface area contributed by atoms with Crippen LogP contribution in [0.15, 0.2) is 30.3 Å². The Morgan fingerprint density at radius 1 is 0.767 bits per heavy atom. The van der Waals surface area contributed by atoms with Crippen molar-refractivity contribution in [2.45, 2.75) is 12.8 Å². The minimum atomic E-state index is -0.496. The molecule has 0 aromatic heterocycles. The van der Waals surface area contributed by atoms with Gasteiger partial charge < -0.3 is 28.4 Å². The number of ether oxygens (including phenoxy) is 6. The van der Waals surface area contributed by atoms with Crippen LogP contribution in [0.25, 0.3) is 0 Å². The molecule has 0 unspecified atom stereocenters. The summed E-state index contributed by atoms with van der Waals surface area (Å²) in [6.45, 7) is -0.378. The monoisotopic (exact) mass is 418 g/mol. The zero-order valence-corrected chi connectivity index (χ0v) is 17.8. The predicted octanol–water partition coefficient (Wildman–Crippen LogP) is 3.09. The topological polar surface area (TPSA) is 89.5 Å². The highest BCUT2D eigenvalue weighted by molar-refractivity contribution is 6.00. The minimum Gasteiger partial charge on any atom is -0.497 e. The first-order valence-corrected chi connectivity index (χ1v) is 9.17. The van der Waals surface area contributed by atoms with Gasteiger partial charge in [-0.25, -0.2) is 0 Å². The number of carbonyl (C=O) groups excluding carboxylic acids is 2. The molecule has 30 heavy (non-hydrogen) atoms. The summed E-state index contributed by atoms with van der Waals surface area (Å²) in [5, 5.41) is 0. The molecule has 2 rings (SSSR count). The quantitative estimate of drug-likeness (QED) is 0.406. The molecule has 0 radical (unpaired) electrons. The molecular weight excluding hydrogens is 392 g/mol. The normalized spacial score (nSPS) is 10.2. The van der Waals surface area contributed by atoms with Gasteiger partial charge in [0.05, 0.1) is 41.1 Å². The number of hydrogen-bond donors (Lipinski definition) is 0. The van der Waals surface area contributed by atoms with Crippen LogP contribution in [0.5, 0.6) is 28.7 Å². The summed E-state index contributed by atoms with van der Waals surface area (Å²) >= 11 is 0. The van der Waals surface area contributed by atoms with Crippen LogP contribution >= 0.6 is 0 Å². The highest BCUT2D eigenvalue weighted by atomic mass is 16.5. The van der Waals surface area contributed by atoms with Crippen LogP contribution in [0.2, 0.25) is 0 Å². The van der Waals surface area contributed by atoms with Gasteiger partial charge in [-0.05, 0) is 36.2 Å². The number of rotatable bonds is 11. The van der Waals surface area contributed by atoms with E-state index in [4.69, 9.17) is 28.4 Å². The van der Waals surface area contributed by atoms with Crippen LogP contribution in [0.1, 0.15) is 22.3 Å². The highest BCUT2D eigenvalue weighted by Gasteiger charge is 2.17. The van der Waals surface area contributed by atoms with Gasteiger partial charge in [0.25, 0.3) is 0 Å². The average Bonchev–Trinajstić information content (AvgIpc) is 2.79. The number of benzene rings is 2. The van der Waals surface area contributed by atoms with Crippen molar-refractivity contribution in [2.75, 3.05) is 42.2 Å². The van der Waals surface area contributed by atoms with E-state index in [0.717, 1.165) is 5.56 Å². The van der Waals surface area contributed by atoms with Gasteiger partial charge in [-0.15, -0.1) is 0 Å². The van der Waals surface area contributed by atoms with Gasteiger partial charge in [0, 0.05) is 12.5 Å². The first-order chi connectivity index (χ1) is 14.5. The van der Waals surface area contributed by atoms with E-state index >= 15 is 0 Å². The third-order valence-electron chi connectivity index (χ3n) is 4.42. The van der Waals surface area contributed by atoms with E-state index in [9.17, 15) is 9.59 Å². The van der Waals surface area contributed by atoms with E-state index in [-0.39, 0.29) is 18.8 Å². The molecule has 0 heterocycles. The second-order valence-electron chi connectivity index (χ2n) is 6.18. The molecule has 0 saturated carbocycles. The van der Waals surface area contributed by atoms with Gasteiger partial charge in [0.2, 0.25) is 11.5 Å². The predicted molar refractivity (Wildman–Crippen MR) is 109 cm³/mol.